The average Bonchev–Trinajstić information content (AvgIpc) is 2.53. The van der Waals surface area contributed by atoms with Crippen LogP contribution in [-0.4, -0.2) is 33.6 Å². The Balaban J connectivity index is 2.28. The number of carbonyl (C=O) groups excluding carboxylic acids is 2. The number of primary amides is 1. The van der Waals surface area contributed by atoms with E-state index >= 15 is 0 Å². The van der Waals surface area contributed by atoms with E-state index in [1.807, 2.05) is 0 Å². The molecule has 2 amide bonds. The first-order valence-corrected chi connectivity index (χ1v) is 8.71. The summed E-state index contributed by atoms with van der Waals surface area (Å²) in [5.74, 6) is -0.893. The minimum Gasteiger partial charge on any atom is -0.495 e. The molecule has 7 nitrogen and oxygen atoms in total. The van der Waals surface area contributed by atoms with Gasteiger partial charge in [0.2, 0.25) is 5.91 Å². The number of amides is 2. The Labute approximate surface area is 139 Å². The van der Waals surface area contributed by atoms with E-state index in [1.165, 1.54) is 49.6 Å². The highest BCUT2D eigenvalue weighted by atomic mass is 32.2. The summed E-state index contributed by atoms with van der Waals surface area (Å²) in [7, 11) is -2.19. The smallest absolute Gasteiger partial charge is 0.255 e. The third-order valence-electron chi connectivity index (χ3n) is 3.25. The monoisotopic (exact) mass is 348 g/mol. The van der Waals surface area contributed by atoms with Crippen molar-refractivity contribution in [3.8, 4) is 5.75 Å². The SMILES string of the molecule is COc1ccc(C(=O)Nc2ccc(C(N)=O)cc2)cc1S(C)(=O)=O. The van der Waals surface area contributed by atoms with Crippen LogP contribution in [0.2, 0.25) is 0 Å². The van der Waals surface area contributed by atoms with Crippen LogP contribution in [0.4, 0.5) is 5.69 Å². The second kappa shape index (κ2) is 6.71. The van der Waals surface area contributed by atoms with Crippen LogP contribution < -0.4 is 15.8 Å². The highest BCUT2D eigenvalue weighted by Crippen LogP contribution is 2.25. The van der Waals surface area contributed by atoms with E-state index in [2.05, 4.69) is 5.32 Å². The van der Waals surface area contributed by atoms with Crippen LogP contribution in [-0.2, 0) is 9.84 Å². The van der Waals surface area contributed by atoms with E-state index in [9.17, 15) is 18.0 Å². The van der Waals surface area contributed by atoms with Gasteiger partial charge in [0.15, 0.2) is 9.84 Å². The number of methoxy groups -OCH3 is 1. The van der Waals surface area contributed by atoms with Gasteiger partial charge in [-0.3, -0.25) is 9.59 Å². The van der Waals surface area contributed by atoms with Crippen LogP contribution in [0.15, 0.2) is 47.4 Å². The van der Waals surface area contributed by atoms with Gasteiger partial charge in [-0.25, -0.2) is 8.42 Å². The summed E-state index contributed by atoms with van der Waals surface area (Å²) in [6.45, 7) is 0. The predicted molar refractivity (Wildman–Crippen MR) is 89.0 cm³/mol. The zero-order valence-electron chi connectivity index (χ0n) is 13.1. The van der Waals surface area contributed by atoms with Gasteiger partial charge < -0.3 is 15.8 Å². The van der Waals surface area contributed by atoms with Gasteiger partial charge >= 0.3 is 0 Å². The lowest BCUT2D eigenvalue weighted by Crippen LogP contribution is -2.14. The Morgan fingerprint density at radius 2 is 1.62 bits per heavy atom. The van der Waals surface area contributed by atoms with E-state index in [1.54, 1.807) is 0 Å². The molecule has 2 aromatic rings. The van der Waals surface area contributed by atoms with Crippen LogP contribution in [0.3, 0.4) is 0 Å². The lowest BCUT2D eigenvalue weighted by atomic mass is 10.1. The molecule has 0 saturated carbocycles. The van der Waals surface area contributed by atoms with E-state index in [-0.39, 0.29) is 16.2 Å². The minimum absolute atomic E-state index is 0.0678. The standard InChI is InChI=1S/C16H16N2O5S/c1-23-13-8-5-11(9-14(13)24(2,21)22)16(20)18-12-6-3-10(4-7-12)15(17)19/h3-9H,1-2H3,(H2,17,19)(H,18,20). The summed E-state index contributed by atoms with van der Waals surface area (Å²) in [5.41, 5.74) is 6.07. The topological polar surface area (TPSA) is 116 Å². The Hall–Kier alpha value is -2.87. The van der Waals surface area contributed by atoms with Gasteiger partial charge in [-0.2, -0.15) is 0 Å². The third kappa shape index (κ3) is 3.90. The highest BCUT2D eigenvalue weighted by Gasteiger charge is 2.17. The van der Waals surface area contributed by atoms with Crippen LogP contribution >= 0.6 is 0 Å². The molecular weight excluding hydrogens is 332 g/mol. The van der Waals surface area contributed by atoms with Crippen LogP contribution in [0.5, 0.6) is 5.75 Å². The number of carbonyl (C=O) groups is 2. The number of ether oxygens (including phenoxy) is 1. The summed E-state index contributed by atoms with van der Waals surface area (Å²) >= 11 is 0. The second-order valence-electron chi connectivity index (χ2n) is 5.03. The molecule has 0 bridgehead atoms. The third-order valence-corrected chi connectivity index (χ3v) is 4.37. The van der Waals surface area contributed by atoms with Crippen molar-refractivity contribution in [2.75, 3.05) is 18.7 Å². The predicted octanol–water partition coefficient (Wildman–Crippen LogP) is 1.45. The molecule has 0 radical (unpaired) electrons. The number of hydrogen-bond donors (Lipinski definition) is 2. The Morgan fingerprint density at radius 1 is 1.04 bits per heavy atom. The van der Waals surface area contributed by atoms with Gasteiger partial charge in [-0.1, -0.05) is 0 Å². The highest BCUT2D eigenvalue weighted by molar-refractivity contribution is 7.90. The molecule has 3 N–H and O–H groups in total. The first-order chi connectivity index (χ1) is 11.2. The van der Waals surface area contributed by atoms with E-state index in [4.69, 9.17) is 10.5 Å². The molecule has 0 aliphatic carbocycles. The molecule has 126 valence electrons. The normalized spacial score (nSPS) is 10.9. The van der Waals surface area contributed by atoms with Crippen molar-refractivity contribution in [2.24, 2.45) is 5.73 Å². The minimum atomic E-state index is -3.55. The molecule has 2 rings (SSSR count). The summed E-state index contributed by atoms with van der Waals surface area (Å²) in [5, 5.41) is 2.61. The molecule has 0 heterocycles. The first-order valence-electron chi connectivity index (χ1n) is 6.81. The van der Waals surface area contributed by atoms with Gasteiger partial charge in [0, 0.05) is 23.1 Å². The van der Waals surface area contributed by atoms with E-state index in [0.29, 0.717) is 11.3 Å². The number of nitrogens with two attached hydrogens (primary N) is 1. The molecule has 2 aromatic carbocycles. The van der Waals surface area contributed by atoms with Crippen LogP contribution in [0.1, 0.15) is 20.7 Å². The molecule has 0 spiro atoms. The number of anilines is 1. The maximum Gasteiger partial charge on any atom is 0.255 e. The Kier molecular flexibility index (Phi) is 4.89. The van der Waals surface area contributed by atoms with Gasteiger partial charge in [-0.05, 0) is 42.5 Å². The zero-order valence-corrected chi connectivity index (χ0v) is 13.9. The fourth-order valence-corrected chi connectivity index (χ4v) is 2.89. The summed E-state index contributed by atoms with van der Waals surface area (Å²) < 4.78 is 28.6. The molecule has 0 aromatic heterocycles. The number of rotatable bonds is 5. The van der Waals surface area contributed by atoms with Crippen molar-refractivity contribution in [1.82, 2.24) is 0 Å². The zero-order chi connectivity index (χ0) is 17.9. The first kappa shape index (κ1) is 17.5. The molecule has 0 saturated heterocycles. The van der Waals surface area contributed by atoms with Crippen molar-refractivity contribution in [1.29, 1.82) is 0 Å². The van der Waals surface area contributed by atoms with Crippen LogP contribution in [0.25, 0.3) is 0 Å². The molecule has 8 heteroatoms. The summed E-state index contributed by atoms with van der Waals surface area (Å²) in [6.07, 6.45) is 1.04. The molecule has 0 fully saturated rings. The van der Waals surface area contributed by atoms with E-state index in [0.717, 1.165) is 6.26 Å². The number of hydrogen-bond acceptors (Lipinski definition) is 5. The molecule has 0 unspecified atom stereocenters. The fraction of sp³-hybridized carbons (Fsp3) is 0.125. The Bertz CT molecular complexity index is 889. The fourth-order valence-electron chi connectivity index (χ4n) is 2.03. The average molecular weight is 348 g/mol. The van der Waals surface area contributed by atoms with Crippen molar-refractivity contribution >= 4 is 27.3 Å². The van der Waals surface area contributed by atoms with Gasteiger partial charge in [0.05, 0.1) is 7.11 Å². The molecule has 24 heavy (non-hydrogen) atoms. The molecule has 0 aliphatic heterocycles. The molecular formula is C16H16N2O5S. The number of benzene rings is 2. The van der Waals surface area contributed by atoms with E-state index < -0.39 is 21.7 Å². The number of nitrogens with one attached hydrogen (secondary N) is 1. The maximum absolute atomic E-state index is 12.3. The van der Waals surface area contributed by atoms with Gasteiger partial charge in [-0.15, -0.1) is 0 Å². The van der Waals surface area contributed by atoms with Crippen LogP contribution in [0, 0.1) is 0 Å². The summed E-state index contributed by atoms with van der Waals surface area (Å²) in [6, 6.07) is 10.1. The van der Waals surface area contributed by atoms with Crippen molar-refractivity contribution in [3.63, 3.8) is 0 Å². The molecule has 0 atom stereocenters. The second-order valence-corrected chi connectivity index (χ2v) is 7.02. The number of sulfone groups is 1. The lowest BCUT2D eigenvalue weighted by Gasteiger charge is -2.10. The Morgan fingerprint density at radius 3 is 2.12 bits per heavy atom. The van der Waals surface area contributed by atoms with Crippen molar-refractivity contribution in [3.05, 3.63) is 53.6 Å². The lowest BCUT2D eigenvalue weighted by molar-refractivity contribution is 0.0998. The van der Waals surface area contributed by atoms with Gasteiger partial charge in [0.1, 0.15) is 10.6 Å². The quantitative estimate of drug-likeness (QED) is 0.848. The summed E-state index contributed by atoms with van der Waals surface area (Å²) in [4.78, 5) is 23.2. The van der Waals surface area contributed by atoms with Crippen molar-refractivity contribution < 1.29 is 22.7 Å². The van der Waals surface area contributed by atoms with Crippen molar-refractivity contribution in [2.45, 2.75) is 4.90 Å². The maximum atomic E-state index is 12.3. The molecule has 0 aliphatic rings. The van der Waals surface area contributed by atoms with Gasteiger partial charge in [0.25, 0.3) is 5.91 Å². The largest absolute Gasteiger partial charge is 0.495 e.